The number of likely N-dealkylation sites (N-methyl/N-ethyl adjacent to an activating group) is 1. The normalized spacial score (nSPS) is 14.5. The number of nitrogens with one attached hydrogen (secondary N) is 1. The van der Waals surface area contributed by atoms with Gasteiger partial charge in [-0.1, -0.05) is 12.1 Å². The summed E-state index contributed by atoms with van der Waals surface area (Å²) in [7, 11) is 3.56. The van der Waals surface area contributed by atoms with Crippen molar-refractivity contribution in [3.8, 4) is 11.5 Å². The van der Waals surface area contributed by atoms with Gasteiger partial charge in [-0.05, 0) is 48.9 Å². The highest BCUT2D eigenvalue weighted by molar-refractivity contribution is 5.76. The van der Waals surface area contributed by atoms with E-state index in [4.69, 9.17) is 9.47 Å². The summed E-state index contributed by atoms with van der Waals surface area (Å²) in [6.45, 7) is 7.64. The predicted molar refractivity (Wildman–Crippen MR) is 115 cm³/mol. The maximum atomic E-state index is 12.7. The van der Waals surface area contributed by atoms with Crippen LogP contribution in [0.2, 0.25) is 0 Å². The van der Waals surface area contributed by atoms with E-state index in [2.05, 4.69) is 17.0 Å². The van der Waals surface area contributed by atoms with Gasteiger partial charge in [-0.3, -0.25) is 4.79 Å². The summed E-state index contributed by atoms with van der Waals surface area (Å²) in [6, 6.07) is 16.1. The molecule has 0 atom stereocenters. The first-order valence-corrected chi connectivity index (χ1v) is 10.3. The Morgan fingerprint density at radius 2 is 1.66 bits per heavy atom. The number of benzene rings is 2. The number of carbonyl (C=O) groups excluding carboxylic acids is 1. The summed E-state index contributed by atoms with van der Waals surface area (Å²) in [5.41, 5.74) is 2.33. The molecule has 1 aliphatic heterocycles. The van der Waals surface area contributed by atoms with Crippen LogP contribution in [0, 0.1) is 0 Å². The molecule has 1 heterocycles. The Kier molecular flexibility index (Phi) is 7.36. The van der Waals surface area contributed by atoms with Gasteiger partial charge in [0.1, 0.15) is 11.5 Å². The highest BCUT2D eigenvalue weighted by atomic mass is 16.5. The van der Waals surface area contributed by atoms with Crippen LogP contribution in [0.15, 0.2) is 48.5 Å². The van der Waals surface area contributed by atoms with Gasteiger partial charge in [0, 0.05) is 19.3 Å². The summed E-state index contributed by atoms with van der Waals surface area (Å²) >= 11 is 0. The quantitative estimate of drug-likeness (QED) is 0.731. The minimum absolute atomic E-state index is 0.187. The van der Waals surface area contributed by atoms with Crippen molar-refractivity contribution < 1.29 is 19.2 Å². The van der Waals surface area contributed by atoms with Gasteiger partial charge in [0.25, 0.3) is 5.91 Å². The molecular weight excluding hydrogens is 366 g/mol. The summed E-state index contributed by atoms with van der Waals surface area (Å²) in [5.74, 6) is 1.93. The molecule has 0 aliphatic carbocycles. The molecule has 3 rings (SSSR count). The molecule has 6 heteroatoms. The molecule has 0 unspecified atom stereocenters. The zero-order valence-corrected chi connectivity index (χ0v) is 17.7. The third-order valence-corrected chi connectivity index (χ3v) is 5.39. The van der Waals surface area contributed by atoms with E-state index < -0.39 is 0 Å². The van der Waals surface area contributed by atoms with Gasteiger partial charge in [-0.2, -0.15) is 0 Å². The van der Waals surface area contributed by atoms with Gasteiger partial charge in [0.15, 0.2) is 6.54 Å². The average Bonchev–Trinajstić information content (AvgIpc) is 2.76. The molecule has 2 aromatic carbocycles. The third kappa shape index (κ3) is 5.87. The van der Waals surface area contributed by atoms with Crippen LogP contribution in [0.5, 0.6) is 11.5 Å². The van der Waals surface area contributed by atoms with Crippen LogP contribution in [-0.4, -0.2) is 64.3 Å². The van der Waals surface area contributed by atoms with Gasteiger partial charge in [0.05, 0.1) is 39.9 Å². The van der Waals surface area contributed by atoms with E-state index in [0.29, 0.717) is 19.7 Å². The van der Waals surface area contributed by atoms with E-state index in [1.165, 1.54) is 10.6 Å². The maximum Gasteiger partial charge on any atom is 0.277 e. The lowest BCUT2D eigenvalue weighted by Gasteiger charge is -2.34. The Labute approximate surface area is 173 Å². The number of quaternary nitrogens is 1. The average molecular weight is 399 g/mol. The van der Waals surface area contributed by atoms with E-state index in [-0.39, 0.29) is 5.91 Å². The highest BCUT2D eigenvalue weighted by Crippen LogP contribution is 2.19. The van der Waals surface area contributed by atoms with Crippen LogP contribution in [-0.2, 0) is 11.3 Å². The van der Waals surface area contributed by atoms with Crippen molar-refractivity contribution in [1.29, 1.82) is 0 Å². The number of ether oxygens (including phenoxy) is 2. The molecular formula is C23H32N3O3+. The molecule has 1 amide bonds. The largest absolute Gasteiger partial charge is 0.497 e. The van der Waals surface area contributed by atoms with Crippen LogP contribution in [0.25, 0.3) is 0 Å². The third-order valence-electron chi connectivity index (χ3n) is 5.39. The van der Waals surface area contributed by atoms with Crippen molar-refractivity contribution in [2.75, 3.05) is 58.4 Å². The number of amides is 1. The van der Waals surface area contributed by atoms with Gasteiger partial charge >= 0.3 is 0 Å². The molecule has 156 valence electrons. The number of nitrogens with zero attached hydrogens (tertiary/aromatic N) is 2. The molecule has 0 spiro atoms. The molecule has 0 saturated carbocycles. The lowest BCUT2D eigenvalue weighted by Crippen LogP contribution is -3.15. The Hall–Kier alpha value is -2.73. The maximum absolute atomic E-state index is 12.7. The molecule has 0 aromatic heterocycles. The van der Waals surface area contributed by atoms with Crippen molar-refractivity contribution in [3.05, 3.63) is 54.1 Å². The fraction of sp³-hybridized carbons (Fsp3) is 0.435. The van der Waals surface area contributed by atoms with Crippen LogP contribution < -0.4 is 19.3 Å². The van der Waals surface area contributed by atoms with Crippen LogP contribution in [0.4, 0.5) is 5.69 Å². The van der Waals surface area contributed by atoms with Gasteiger partial charge < -0.3 is 24.2 Å². The number of rotatable bonds is 8. The molecule has 1 N–H and O–H groups in total. The highest BCUT2D eigenvalue weighted by Gasteiger charge is 2.23. The van der Waals surface area contributed by atoms with Crippen LogP contribution in [0.1, 0.15) is 12.5 Å². The lowest BCUT2D eigenvalue weighted by molar-refractivity contribution is -0.892. The lowest BCUT2D eigenvalue weighted by atomic mass is 10.2. The van der Waals surface area contributed by atoms with Crippen molar-refractivity contribution in [3.63, 3.8) is 0 Å². The number of carbonyl (C=O) groups is 1. The Morgan fingerprint density at radius 3 is 2.24 bits per heavy atom. The Bertz CT molecular complexity index is 769. The fourth-order valence-corrected chi connectivity index (χ4v) is 3.62. The first-order valence-electron chi connectivity index (χ1n) is 10.3. The zero-order chi connectivity index (χ0) is 20.6. The van der Waals surface area contributed by atoms with E-state index in [1.807, 2.05) is 55.3 Å². The molecule has 0 bridgehead atoms. The van der Waals surface area contributed by atoms with Gasteiger partial charge in [0.2, 0.25) is 0 Å². The number of methoxy groups -OCH3 is 1. The summed E-state index contributed by atoms with van der Waals surface area (Å²) in [4.78, 5) is 18.2. The SMILES string of the molecule is CCOc1ccc(CN(C)C(=O)C[NH+]2CCN(c3ccc(OC)cc3)CC2)cc1. The van der Waals surface area contributed by atoms with Gasteiger partial charge in [-0.15, -0.1) is 0 Å². The summed E-state index contributed by atoms with van der Waals surface area (Å²) in [6.07, 6.45) is 0. The van der Waals surface area contributed by atoms with E-state index in [1.54, 1.807) is 7.11 Å². The van der Waals surface area contributed by atoms with Crippen LogP contribution in [0.3, 0.4) is 0 Å². The number of hydrogen-bond donors (Lipinski definition) is 1. The van der Waals surface area contributed by atoms with Crippen molar-refractivity contribution >= 4 is 11.6 Å². The van der Waals surface area contributed by atoms with Crippen molar-refractivity contribution in [1.82, 2.24) is 4.90 Å². The second-order valence-corrected chi connectivity index (χ2v) is 7.44. The Balaban J connectivity index is 1.44. The van der Waals surface area contributed by atoms with E-state index in [0.717, 1.165) is 43.2 Å². The fourth-order valence-electron chi connectivity index (χ4n) is 3.62. The molecule has 1 fully saturated rings. The number of anilines is 1. The second-order valence-electron chi connectivity index (χ2n) is 7.44. The topological polar surface area (TPSA) is 46.5 Å². The first kappa shape index (κ1) is 21.0. The monoisotopic (exact) mass is 398 g/mol. The van der Waals surface area contributed by atoms with Crippen LogP contribution >= 0.6 is 0 Å². The molecule has 6 nitrogen and oxygen atoms in total. The summed E-state index contributed by atoms with van der Waals surface area (Å²) < 4.78 is 10.7. The zero-order valence-electron chi connectivity index (χ0n) is 17.7. The standard InChI is InChI=1S/C23H31N3O3/c1-4-29-22-9-5-19(6-10-22)17-24(2)23(27)18-25-13-15-26(16-14-25)20-7-11-21(28-3)12-8-20/h5-12H,4,13-18H2,1-3H3/p+1. The smallest absolute Gasteiger partial charge is 0.277 e. The van der Waals surface area contributed by atoms with Gasteiger partial charge in [-0.25, -0.2) is 0 Å². The predicted octanol–water partition coefficient (Wildman–Crippen LogP) is 1.46. The Morgan fingerprint density at radius 1 is 1.03 bits per heavy atom. The second kappa shape index (κ2) is 10.2. The summed E-state index contributed by atoms with van der Waals surface area (Å²) in [5, 5.41) is 0. The van der Waals surface area contributed by atoms with Crippen molar-refractivity contribution in [2.45, 2.75) is 13.5 Å². The minimum Gasteiger partial charge on any atom is -0.497 e. The van der Waals surface area contributed by atoms with E-state index in [9.17, 15) is 4.79 Å². The number of piperazine rings is 1. The molecule has 2 aromatic rings. The molecule has 1 saturated heterocycles. The molecule has 29 heavy (non-hydrogen) atoms. The minimum atomic E-state index is 0.187. The molecule has 1 aliphatic rings. The van der Waals surface area contributed by atoms with Crippen molar-refractivity contribution in [2.24, 2.45) is 0 Å². The van der Waals surface area contributed by atoms with E-state index >= 15 is 0 Å². The first-order chi connectivity index (χ1) is 14.1. The number of hydrogen-bond acceptors (Lipinski definition) is 4. The molecule has 0 radical (unpaired) electrons.